The molecule has 1 N–H and O–H groups in total. The molecule has 0 spiro atoms. The maximum Gasteiger partial charge on any atom is 0.339 e. The van der Waals surface area contributed by atoms with Crippen LogP contribution in [0.2, 0.25) is 0 Å². The first-order valence-corrected chi connectivity index (χ1v) is 11.8. The van der Waals surface area contributed by atoms with Crippen LogP contribution in [0.3, 0.4) is 0 Å². The summed E-state index contributed by atoms with van der Waals surface area (Å²) in [5.41, 5.74) is 1.06. The number of para-hydroxylation sites is 1. The van der Waals surface area contributed by atoms with Crippen LogP contribution in [-0.4, -0.2) is 43.2 Å². The molecule has 0 aromatic heterocycles. The second kappa shape index (κ2) is 9.29. The monoisotopic (exact) mass is 552 g/mol. The molecule has 2 aliphatic heterocycles. The van der Waals surface area contributed by atoms with Crippen LogP contribution in [0.1, 0.15) is 22.0 Å². The van der Waals surface area contributed by atoms with Gasteiger partial charge in [-0.3, -0.25) is 14.4 Å². The largest absolute Gasteiger partial charge is 0.493 e. The van der Waals surface area contributed by atoms with Crippen LogP contribution in [0.4, 0.5) is 11.4 Å². The highest BCUT2D eigenvalue weighted by molar-refractivity contribution is 9.10. The SMILES string of the molecule is COc1ccc([C@@H]2[C@H]3C(=O)N(c4ccc(Br)cc4)C(=O)[C@@H]3ON2c2ccccc2)c(C(=O)O)c1OC. The Balaban J connectivity index is 1.68. The topological polar surface area (TPSA) is 106 Å². The third kappa shape index (κ3) is 3.69. The first-order chi connectivity index (χ1) is 17.4. The number of methoxy groups -OCH3 is 2. The van der Waals surface area contributed by atoms with Gasteiger partial charge in [-0.15, -0.1) is 0 Å². The van der Waals surface area contributed by atoms with Crippen molar-refractivity contribution in [2.45, 2.75) is 12.1 Å². The predicted molar refractivity (Wildman–Crippen MR) is 133 cm³/mol. The van der Waals surface area contributed by atoms with E-state index < -0.39 is 35.8 Å². The summed E-state index contributed by atoms with van der Waals surface area (Å²) in [6, 6.07) is 17.9. The van der Waals surface area contributed by atoms with Crippen LogP contribution in [-0.2, 0) is 14.4 Å². The first-order valence-electron chi connectivity index (χ1n) is 11.0. The minimum atomic E-state index is -1.27. The van der Waals surface area contributed by atoms with Gasteiger partial charge in [0.1, 0.15) is 11.5 Å². The Morgan fingerprint density at radius 3 is 2.22 bits per heavy atom. The zero-order chi connectivity index (χ0) is 25.6. The molecule has 0 bridgehead atoms. The number of carboxylic acids is 1. The molecule has 0 saturated carbocycles. The number of hydroxylamine groups is 1. The van der Waals surface area contributed by atoms with Crippen molar-refractivity contribution in [3.8, 4) is 11.5 Å². The van der Waals surface area contributed by atoms with Gasteiger partial charge in [0, 0.05) is 4.47 Å². The summed E-state index contributed by atoms with van der Waals surface area (Å²) in [7, 11) is 2.75. The number of halogens is 1. The number of imide groups is 1. The predicted octanol–water partition coefficient (Wildman–Crippen LogP) is 4.22. The summed E-state index contributed by atoms with van der Waals surface area (Å²) < 4.78 is 11.5. The summed E-state index contributed by atoms with van der Waals surface area (Å²) in [6.07, 6.45) is -1.14. The third-order valence-electron chi connectivity index (χ3n) is 6.32. The molecule has 2 saturated heterocycles. The number of carbonyl (C=O) groups excluding carboxylic acids is 2. The van der Waals surface area contributed by atoms with Crippen molar-refractivity contribution in [2.24, 2.45) is 5.92 Å². The van der Waals surface area contributed by atoms with Crippen LogP contribution >= 0.6 is 15.9 Å². The number of nitrogens with zero attached hydrogens (tertiary/aromatic N) is 2. The molecule has 0 aliphatic carbocycles. The highest BCUT2D eigenvalue weighted by Gasteiger charge is 2.61. The van der Waals surface area contributed by atoms with E-state index in [0.29, 0.717) is 11.4 Å². The van der Waals surface area contributed by atoms with Crippen LogP contribution < -0.4 is 19.4 Å². The van der Waals surface area contributed by atoms with E-state index in [0.717, 1.165) is 9.37 Å². The van der Waals surface area contributed by atoms with Crippen molar-refractivity contribution in [1.82, 2.24) is 0 Å². The normalized spacial score (nSPS) is 21.0. The maximum atomic E-state index is 13.8. The van der Waals surface area contributed by atoms with Gasteiger partial charge in [-0.25, -0.2) is 14.8 Å². The lowest BCUT2D eigenvalue weighted by Crippen LogP contribution is -2.37. The lowest BCUT2D eigenvalue weighted by molar-refractivity contribution is -0.126. The van der Waals surface area contributed by atoms with Gasteiger partial charge in [0.2, 0.25) is 5.91 Å². The molecular formula is C26H21BrN2O7. The van der Waals surface area contributed by atoms with Gasteiger partial charge in [0.15, 0.2) is 17.6 Å². The van der Waals surface area contributed by atoms with E-state index in [2.05, 4.69) is 15.9 Å². The van der Waals surface area contributed by atoms with E-state index in [1.807, 2.05) is 6.07 Å². The van der Waals surface area contributed by atoms with Gasteiger partial charge in [-0.2, -0.15) is 0 Å². The van der Waals surface area contributed by atoms with Crippen LogP contribution in [0.15, 0.2) is 71.2 Å². The van der Waals surface area contributed by atoms with Crippen molar-refractivity contribution in [3.05, 3.63) is 82.3 Å². The second-order valence-electron chi connectivity index (χ2n) is 8.22. The Bertz CT molecular complexity index is 1350. The quantitative estimate of drug-likeness (QED) is 0.453. The van der Waals surface area contributed by atoms with Crippen molar-refractivity contribution < 1.29 is 33.8 Å². The molecule has 5 rings (SSSR count). The van der Waals surface area contributed by atoms with Gasteiger partial charge in [-0.05, 0) is 48.0 Å². The summed E-state index contributed by atoms with van der Waals surface area (Å²) in [5.74, 6) is -3.03. The fourth-order valence-electron chi connectivity index (χ4n) is 4.78. The molecule has 0 unspecified atom stereocenters. The number of fused-ring (bicyclic) bond motifs is 1. The number of benzene rings is 3. The zero-order valence-corrected chi connectivity index (χ0v) is 20.8. The van der Waals surface area contributed by atoms with Crippen molar-refractivity contribution in [3.63, 3.8) is 0 Å². The molecular weight excluding hydrogens is 532 g/mol. The number of hydrogen-bond acceptors (Lipinski definition) is 7. The highest BCUT2D eigenvalue weighted by Crippen LogP contribution is 2.50. The van der Waals surface area contributed by atoms with Gasteiger partial charge in [-0.1, -0.05) is 40.2 Å². The van der Waals surface area contributed by atoms with Crippen molar-refractivity contribution in [2.75, 3.05) is 24.2 Å². The molecule has 0 radical (unpaired) electrons. The van der Waals surface area contributed by atoms with E-state index >= 15 is 0 Å². The Kier molecular flexibility index (Phi) is 6.15. The number of hydrogen-bond donors (Lipinski definition) is 1. The minimum absolute atomic E-state index is 0.0144. The summed E-state index contributed by atoms with van der Waals surface area (Å²) in [5, 5.41) is 11.6. The lowest BCUT2D eigenvalue weighted by atomic mass is 9.87. The van der Waals surface area contributed by atoms with Crippen LogP contribution in [0.5, 0.6) is 11.5 Å². The molecule has 2 heterocycles. The zero-order valence-electron chi connectivity index (χ0n) is 19.3. The number of ether oxygens (including phenoxy) is 2. The number of aromatic carboxylic acids is 1. The molecule has 36 heavy (non-hydrogen) atoms. The molecule has 3 atom stereocenters. The number of carboxylic acid groups (broad SMARTS) is 1. The van der Waals surface area contributed by atoms with Crippen LogP contribution in [0, 0.1) is 5.92 Å². The Labute approximate surface area is 214 Å². The maximum absolute atomic E-state index is 13.8. The summed E-state index contributed by atoms with van der Waals surface area (Å²) in [4.78, 5) is 46.9. The van der Waals surface area contributed by atoms with E-state index in [1.54, 1.807) is 60.7 Å². The molecule has 3 aromatic rings. The van der Waals surface area contributed by atoms with Gasteiger partial charge >= 0.3 is 5.97 Å². The Hall–Kier alpha value is -3.89. The molecule has 10 heteroatoms. The molecule has 184 valence electrons. The van der Waals surface area contributed by atoms with Crippen molar-refractivity contribution >= 4 is 45.1 Å². The fraction of sp³-hybridized carbons (Fsp3) is 0.192. The average Bonchev–Trinajstić information content (AvgIpc) is 3.39. The van der Waals surface area contributed by atoms with Crippen LogP contribution in [0.25, 0.3) is 0 Å². The van der Waals surface area contributed by atoms with Gasteiger partial charge < -0.3 is 14.6 Å². The average molecular weight is 553 g/mol. The summed E-state index contributed by atoms with van der Waals surface area (Å²) in [6.45, 7) is 0. The van der Waals surface area contributed by atoms with E-state index in [9.17, 15) is 19.5 Å². The van der Waals surface area contributed by atoms with Crippen molar-refractivity contribution in [1.29, 1.82) is 0 Å². The Morgan fingerprint density at radius 2 is 1.61 bits per heavy atom. The fourth-order valence-corrected chi connectivity index (χ4v) is 5.05. The number of carbonyl (C=O) groups is 3. The van der Waals surface area contributed by atoms with E-state index in [-0.39, 0.29) is 22.6 Å². The molecule has 3 aromatic carbocycles. The second-order valence-corrected chi connectivity index (χ2v) is 9.13. The Morgan fingerprint density at radius 1 is 0.917 bits per heavy atom. The standard InChI is InChI=1S/C26H21BrN2O7/c1-34-18-13-12-17(19(26(32)33)22(18)35-2)21-20-23(36-29(21)16-6-4-3-5-7-16)25(31)28(24(20)30)15-10-8-14(27)9-11-15/h3-13,20-21,23H,1-2H3,(H,32,33)/t20-,21-,23-/m1/s1. The summed E-state index contributed by atoms with van der Waals surface area (Å²) >= 11 is 3.36. The number of amides is 2. The third-order valence-corrected chi connectivity index (χ3v) is 6.85. The molecule has 2 aliphatic rings. The number of rotatable bonds is 6. The first kappa shape index (κ1) is 23.8. The number of anilines is 2. The van der Waals surface area contributed by atoms with E-state index in [1.165, 1.54) is 19.3 Å². The van der Waals surface area contributed by atoms with Gasteiger partial charge in [0.25, 0.3) is 5.91 Å². The molecule has 2 amide bonds. The minimum Gasteiger partial charge on any atom is -0.493 e. The highest BCUT2D eigenvalue weighted by atomic mass is 79.9. The molecule has 2 fully saturated rings. The lowest BCUT2D eigenvalue weighted by Gasteiger charge is -2.30. The van der Waals surface area contributed by atoms with E-state index in [4.69, 9.17) is 14.3 Å². The smallest absolute Gasteiger partial charge is 0.339 e. The molecule has 9 nitrogen and oxygen atoms in total. The van der Waals surface area contributed by atoms with Gasteiger partial charge in [0.05, 0.1) is 31.6 Å².